The van der Waals surface area contributed by atoms with Crippen molar-refractivity contribution < 1.29 is 19.1 Å². The van der Waals surface area contributed by atoms with Crippen molar-refractivity contribution >= 4 is 27.8 Å². The average Bonchev–Trinajstić information content (AvgIpc) is 3.22. The van der Waals surface area contributed by atoms with Crippen LogP contribution in [0.5, 0.6) is 0 Å². The lowest BCUT2D eigenvalue weighted by molar-refractivity contribution is -0.148. The summed E-state index contributed by atoms with van der Waals surface area (Å²) < 4.78 is 6.62. The van der Waals surface area contributed by atoms with Gasteiger partial charge in [-0.05, 0) is 18.9 Å². The topological polar surface area (TPSA) is 83.6 Å². The van der Waals surface area contributed by atoms with Crippen molar-refractivity contribution in [3.05, 3.63) is 40.8 Å². The van der Waals surface area contributed by atoms with Crippen LogP contribution in [0, 0.1) is 0 Å². The van der Waals surface area contributed by atoms with Crippen molar-refractivity contribution in [2.75, 3.05) is 6.54 Å². The van der Waals surface area contributed by atoms with Gasteiger partial charge in [0.1, 0.15) is 6.04 Å². The van der Waals surface area contributed by atoms with Crippen molar-refractivity contribution in [1.29, 1.82) is 0 Å². The molecule has 0 bridgehead atoms. The van der Waals surface area contributed by atoms with E-state index < -0.39 is 12.0 Å². The number of benzene rings is 1. The SMILES string of the molecule is O=C(O)C1CCCN1C(=O)CCc1ncc(-c2ccccc2Br)o1. The summed E-state index contributed by atoms with van der Waals surface area (Å²) in [6.07, 6.45) is 3.43. The van der Waals surface area contributed by atoms with E-state index >= 15 is 0 Å². The average molecular weight is 393 g/mol. The molecule has 24 heavy (non-hydrogen) atoms. The molecule has 0 saturated carbocycles. The minimum absolute atomic E-state index is 0.166. The number of aryl methyl sites for hydroxylation is 1. The molecule has 1 aromatic carbocycles. The molecule has 1 aromatic heterocycles. The van der Waals surface area contributed by atoms with E-state index in [1.54, 1.807) is 6.20 Å². The van der Waals surface area contributed by atoms with Crippen molar-refractivity contribution in [2.45, 2.75) is 31.7 Å². The highest BCUT2D eigenvalue weighted by Crippen LogP contribution is 2.28. The van der Waals surface area contributed by atoms with E-state index in [9.17, 15) is 9.59 Å². The molecule has 1 N–H and O–H groups in total. The summed E-state index contributed by atoms with van der Waals surface area (Å²) >= 11 is 3.47. The first kappa shape index (κ1) is 16.7. The van der Waals surface area contributed by atoms with Gasteiger partial charge in [-0.3, -0.25) is 4.79 Å². The Labute approximate surface area is 147 Å². The molecule has 3 rings (SSSR count). The van der Waals surface area contributed by atoms with Gasteiger partial charge in [-0.15, -0.1) is 0 Å². The minimum Gasteiger partial charge on any atom is -0.480 e. The number of carbonyl (C=O) groups is 2. The molecule has 1 fully saturated rings. The molecule has 1 atom stereocenters. The summed E-state index contributed by atoms with van der Waals surface area (Å²) in [4.78, 5) is 29.1. The first-order valence-electron chi connectivity index (χ1n) is 7.78. The van der Waals surface area contributed by atoms with Gasteiger partial charge in [-0.2, -0.15) is 0 Å². The van der Waals surface area contributed by atoms with Crippen LogP contribution in [0.4, 0.5) is 0 Å². The monoisotopic (exact) mass is 392 g/mol. The third kappa shape index (κ3) is 3.51. The van der Waals surface area contributed by atoms with Crippen LogP contribution in [0.25, 0.3) is 11.3 Å². The first-order valence-corrected chi connectivity index (χ1v) is 8.57. The normalized spacial score (nSPS) is 17.2. The van der Waals surface area contributed by atoms with Crippen molar-refractivity contribution in [2.24, 2.45) is 0 Å². The maximum absolute atomic E-state index is 12.3. The highest BCUT2D eigenvalue weighted by atomic mass is 79.9. The quantitative estimate of drug-likeness (QED) is 0.844. The fourth-order valence-electron chi connectivity index (χ4n) is 2.89. The summed E-state index contributed by atoms with van der Waals surface area (Å²) in [6, 6.07) is 6.96. The Kier molecular flexibility index (Phi) is 4.99. The minimum atomic E-state index is -0.937. The molecule has 0 spiro atoms. The Morgan fingerprint density at radius 2 is 2.17 bits per heavy atom. The summed E-state index contributed by atoms with van der Waals surface area (Å²) in [7, 11) is 0. The van der Waals surface area contributed by atoms with Crippen LogP contribution in [0.15, 0.2) is 39.4 Å². The molecule has 2 aromatic rings. The van der Waals surface area contributed by atoms with E-state index in [4.69, 9.17) is 9.52 Å². The van der Waals surface area contributed by atoms with Gasteiger partial charge in [0.15, 0.2) is 11.7 Å². The van der Waals surface area contributed by atoms with Gasteiger partial charge in [0.2, 0.25) is 5.91 Å². The second-order valence-electron chi connectivity index (χ2n) is 5.68. The number of aromatic nitrogens is 1. The molecule has 0 aliphatic carbocycles. The molecule has 2 heterocycles. The second-order valence-corrected chi connectivity index (χ2v) is 6.54. The van der Waals surface area contributed by atoms with Crippen LogP contribution in [0.3, 0.4) is 0 Å². The number of rotatable bonds is 5. The largest absolute Gasteiger partial charge is 0.480 e. The zero-order valence-electron chi connectivity index (χ0n) is 12.9. The van der Waals surface area contributed by atoms with Crippen LogP contribution in [-0.4, -0.2) is 39.5 Å². The molecule has 1 saturated heterocycles. The van der Waals surface area contributed by atoms with Crippen LogP contribution >= 0.6 is 15.9 Å². The molecular formula is C17H17BrN2O4. The number of hydrogen-bond donors (Lipinski definition) is 1. The summed E-state index contributed by atoms with van der Waals surface area (Å²) in [5.74, 6) is 0.00316. The maximum atomic E-state index is 12.3. The molecule has 6 nitrogen and oxygen atoms in total. The van der Waals surface area contributed by atoms with Crippen molar-refractivity contribution in [3.63, 3.8) is 0 Å². The number of carboxylic acids is 1. The van der Waals surface area contributed by atoms with E-state index in [1.807, 2.05) is 24.3 Å². The predicted octanol–water partition coefficient (Wildman–Crippen LogP) is 3.11. The number of amides is 1. The molecule has 7 heteroatoms. The van der Waals surface area contributed by atoms with Gasteiger partial charge in [-0.25, -0.2) is 9.78 Å². The Bertz CT molecular complexity index is 759. The molecule has 126 valence electrons. The third-order valence-corrected chi connectivity index (χ3v) is 4.80. The Morgan fingerprint density at radius 1 is 1.38 bits per heavy atom. The number of carboxylic acid groups (broad SMARTS) is 1. The van der Waals surface area contributed by atoms with E-state index in [2.05, 4.69) is 20.9 Å². The Balaban J connectivity index is 1.63. The molecule has 0 radical (unpaired) electrons. The molecule has 1 amide bonds. The van der Waals surface area contributed by atoms with Crippen LogP contribution < -0.4 is 0 Å². The van der Waals surface area contributed by atoms with Crippen LogP contribution in [0.1, 0.15) is 25.2 Å². The number of oxazole rings is 1. The van der Waals surface area contributed by atoms with Gasteiger partial charge in [0.05, 0.1) is 6.20 Å². The lowest BCUT2D eigenvalue weighted by Gasteiger charge is -2.20. The number of hydrogen-bond acceptors (Lipinski definition) is 4. The Hall–Kier alpha value is -2.15. The van der Waals surface area contributed by atoms with Crippen molar-refractivity contribution in [1.82, 2.24) is 9.88 Å². The van der Waals surface area contributed by atoms with Crippen LogP contribution in [-0.2, 0) is 16.0 Å². The molecule has 1 unspecified atom stereocenters. The second kappa shape index (κ2) is 7.17. The molecule has 1 aliphatic rings. The predicted molar refractivity (Wildman–Crippen MR) is 90.3 cm³/mol. The fourth-order valence-corrected chi connectivity index (χ4v) is 3.37. The van der Waals surface area contributed by atoms with Gasteiger partial charge in [0.25, 0.3) is 0 Å². The molecule has 1 aliphatic heterocycles. The lowest BCUT2D eigenvalue weighted by atomic mass is 10.2. The standard InChI is InChI=1S/C17H17BrN2O4/c18-12-5-2-1-4-11(12)14-10-19-15(24-14)7-8-16(21)20-9-3-6-13(20)17(22)23/h1-2,4-5,10,13H,3,6-9H2,(H,22,23). The van der Waals surface area contributed by atoms with E-state index in [0.717, 1.165) is 16.5 Å². The van der Waals surface area contributed by atoms with Crippen molar-refractivity contribution in [3.8, 4) is 11.3 Å². The summed E-state index contributed by atoms with van der Waals surface area (Å²) in [6.45, 7) is 0.504. The van der Waals surface area contributed by atoms with Gasteiger partial charge in [-0.1, -0.05) is 34.1 Å². The number of aliphatic carboxylic acids is 1. The van der Waals surface area contributed by atoms with Gasteiger partial charge < -0.3 is 14.4 Å². The van der Waals surface area contributed by atoms with Gasteiger partial charge >= 0.3 is 5.97 Å². The summed E-state index contributed by atoms with van der Waals surface area (Å²) in [5.41, 5.74) is 0.896. The number of halogens is 1. The molecular weight excluding hydrogens is 376 g/mol. The first-order chi connectivity index (χ1) is 11.6. The zero-order chi connectivity index (χ0) is 17.1. The maximum Gasteiger partial charge on any atom is 0.326 e. The van der Waals surface area contributed by atoms with E-state index in [1.165, 1.54) is 4.90 Å². The Morgan fingerprint density at radius 3 is 2.92 bits per heavy atom. The van der Waals surface area contributed by atoms with E-state index in [-0.39, 0.29) is 12.3 Å². The van der Waals surface area contributed by atoms with E-state index in [0.29, 0.717) is 31.0 Å². The lowest BCUT2D eigenvalue weighted by Crippen LogP contribution is -2.40. The van der Waals surface area contributed by atoms with Crippen LogP contribution in [0.2, 0.25) is 0 Å². The highest BCUT2D eigenvalue weighted by Gasteiger charge is 2.33. The smallest absolute Gasteiger partial charge is 0.326 e. The third-order valence-electron chi connectivity index (χ3n) is 4.10. The number of carbonyl (C=O) groups excluding carboxylic acids is 1. The fraction of sp³-hybridized carbons (Fsp3) is 0.353. The highest BCUT2D eigenvalue weighted by molar-refractivity contribution is 9.10. The van der Waals surface area contributed by atoms with Gasteiger partial charge in [0, 0.05) is 29.4 Å². The summed E-state index contributed by atoms with van der Waals surface area (Å²) in [5, 5.41) is 9.14. The number of nitrogens with zero attached hydrogens (tertiary/aromatic N) is 2. The zero-order valence-corrected chi connectivity index (χ0v) is 14.5. The number of likely N-dealkylation sites (tertiary alicyclic amines) is 1.